The molecule has 0 atom stereocenters. The third-order valence-electron chi connectivity index (χ3n) is 2.52. The Morgan fingerprint density at radius 1 is 1.31 bits per heavy atom. The second kappa shape index (κ2) is 4.40. The molecule has 84 valence electrons. The standard InChI is InChI=1S/C11H13FN4/c1-8-11(6-13)14-15-16(8)7-9-2-4-10(12)5-3-9/h2-5H,6-7,13H2,1H3. The lowest BCUT2D eigenvalue weighted by molar-refractivity contribution is 0.617. The van der Waals surface area contributed by atoms with E-state index in [2.05, 4.69) is 10.3 Å². The van der Waals surface area contributed by atoms with Crippen LogP contribution in [0.25, 0.3) is 0 Å². The fraction of sp³-hybridized carbons (Fsp3) is 0.273. The van der Waals surface area contributed by atoms with Crippen molar-refractivity contribution in [3.05, 3.63) is 47.0 Å². The molecule has 0 aliphatic carbocycles. The lowest BCUT2D eigenvalue weighted by Gasteiger charge is -2.03. The summed E-state index contributed by atoms with van der Waals surface area (Å²) in [4.78, 5) is 0. The van der Waals surface area contributed by atoms with E-state index in [1.165, 1.54) is 12.1 Å². The molecule has 0 unspecified atom stereocenters. The van der Waals surface area contributed by atoms with Gasteiger partial charge >= 0.3 is 0 Å². The highest BCUT2D eigenvalue weighted by Crippen LogP contribution is 2.08. The van der Waals surface area contributed by atoms with E-state index < -0.39 is 0 Å². The number of aromatic nitrogens is 3. The van der Waals surface area contributed by atoms with Crippen molar-refractivity contribution in [2.75, 3.05) is 0 Å². The minimum absolute atomic E-state index is 0.235. The summed E-state index contributed by atoms with van der Waals surface area (Å²) in [5.41, 5.74) is 8.24. The zero-order valence-electron chi connectivity index (χ0n) is 9.02. The molecule has 2 N–H and O–H groups in total. The highest BCUT2D eigenvalue weighted by Gasteiger charge is 2.06. The summed E-state index contributed by atoms with van der Waals surface area (Å²) in [5, 5.41) is 7.96. The van der Waals surface area contributed by atoms with Gasteiger partial charge in [0.05, 0.1) is 17.9 Å². The van der Waals surface area contributed by atoms with Crippen LogP contribution in [0.2, 0.25) is 0 Å². The number of nitrogens with zero attached hydrogens (tertiary/aromatic N) is 3. The Bertz CT molecular complexity index is 475. The molecular weight excluding hydrogens is 207 g/mol. The van der Waals surface area contributed by atoms with Gasteiger partial charge in [-0.1, -0.05) is 17.3 Å². The average molecular weight is 220 g/mol. The second-order valence-corrected chi connectivity index (χ2v) is 3.61. The Balaban J connectivity index is 2.20. The molecule has 1 aromatic carbocycles. The number of benzene rings is 1. The van der Waals surface area contributed by atoms with Crippen molar-refractivity contribution in [1.29, 1.82) is 0 Å². The van der Waals surface area contributed by atoms with Crippen molar-refractivity contribution in [3.8, 4) is 0 Å². The largest absolute Gasteiger partial charge is 0.325 e. The van der Waals surface area contributed by atoms with Crippen LogP contribution in [0.3, 0.4) is 0 Å². The predicted octanol–water partition coefficient (Wildman–Crippen LogP) is 1.23. The molecule has 2 rings (SSSR count). The van der Waals surface area contributed by atoms with Gasteiger partial charge in [-0.3, -0.25) is 0 Å². The maximum atomic E-state index is 12.7. The van der Waals surface area contributed by atoms with Crippen molar-refractivity contribution in [3.63, 3.8) is 0 Å². The lowest BCUT2D eigenvalue weighted by Crippen LogP contribution is -2.05. The molecule has 0 fully saturated rings. The SMILES string of the molecule is Cc1c(CN)nnn1Cc1ccc(F)cc1. The average Bonchev–Trinajstić information content (AvgIpc) is 2.63. The van der Waals surface area contributed by atoms with Gasteiger partial charge in [0.15, 0.2) is 0 Å². The van der Waals surface area contributed by atoms with E-state index in [0.29, 0.717) is 13.1 Å². The number of halogens is 1. The van der Waals surface area contributed by atoms with Crippen LogP contribution in [-0.4, -0.2) is 15.0 Å². The van der Waals surface area contributed by atoms with Gasteiger partial charge in [0.25, 0.3) is 0 Å². The Morgan fingerprint density at radius 2 is 2.00 bits per heavy atom. The highest BCUT2D eigenvalue weighted by atomic mass is 19.1. The molecule has 0 bridgehead atoms. The third-order valence-corrected chi connectivity index (χ3v) is 2.52. The molecule has 1 aromatic heterocycles. The van der Waals surface area contributed by atoms with Crippen molar-refractivity contribution >= 4 is 0 Å². The van der Waals surface area contributed by atoms with E-state index in [9.17, 15) is 4.39 Å². The molecule has 0 saturated heterocycles. The Morgan fingerprint density at radius 3 is 2.56 bits per heavy atom. The molecular formula is C11H13FN4. The molecule has 0 spiro atoms. The van der Waals surface area contributed by atoms with Gasteiger partial charge in [-0.05, 0) is 24.6 Å². The van der Waals surface area contributed by atoms with Gasteiger partial charge in [-0.25, -0.2) is 9.07 Å². The first kappa shape index (κ1) is 10.8. The van der Waals surface area contributed by atoms with Crippen LogP contribution in [-0.2, 0) is 13.1 Å². The van der Waals surface area contributed by atoms with E-state index in [1.54, 1.807) is 16.8 Å². The van der Waals surface area contributed by atoms with Crippen molar-refractivity contribution in [2.45, 2.75) is 20.0 Å². The van der Waals surface area contributed by atoms with E-state index in [1.807, 2.05) is 6.92 Å². The number of hydrogen-bond donors (Lipinski definition) is 1. The van der Waals surface area contributed by atoms with Gasteiger partial charge in [0, 0.05) is 6.54 Å². The van der Waals surface area contributed by atoms with Crippen LogP contribution in [0.15, 0.2) is 24.3 Å². The summed E-state index contributed by atoms with van der Waals surface area (Å²) < 4.78 is 14.5. The van der Waals surface area contributed by atoms with Crippen molar-refractivity contribution in [1.82, 2.24) is 15.0 Å². The summed E-state index contributed by atoms with van der Waals surface area (Å²) in [7, 11) is 0. The monoisotopic (exact) mass is 220 g/mol. The topological polar surface area (TPSA) is 56.7 Å². The Hall–Kier alpha value is -1.75. The molecule has 2 aromatic rings. The molecule has 1 heterocycles. The summed E-state index contributed by atoms with van der Waals surface area (Å²) in [5.74, 6) is -0.235. The minimum Gasteiger partial charge on any atom is -0.325 e. The van der Waals surface area contributed by atoms with E-state index in [-0.39, 0.29) is 5.82 Å². The van der Waals surface area contributed by atoms with Crippen LogP contribution in [0.4, 0.5) is 4.39 Å². The van der Waals surface area contributed by atoms with Gasteiger partial charge in [0.2, 0.25) is 0 Å². The number of hydrogen-bond acceptors (Lipinski definition) is 3. The molecule has 5 heteroatoms. The molecule has 4 nitrogen and oxygen atoms in total. The van der Waals surface area contributed by atoms with Gasteiger partial charge < -0.3 is 5.73 Å². The smallest absolute Gasteiger partial charge is 0.123 e. The zero-order valence-corrected chi connectivity index (χ0v) is 9.02. The first-order chi connectivity index (χ1) is 7.70. The Labute approximate surface area is 92.9 Å². The van der Waals surface area contributed by atoms with Gasteiger partial charge in [0.1, 0.15) is 5.82 Å². The third kappa shape index (κ3) is 2.09. The second-order valence-electron chi connectivity index (χ2n) is 3.61. The van der Waals surface area contributed by atoms with Crippen molar-refractivity contribution < 1.29 is 4.39 Å². The molecule has 0 saturated carbocycles. The summed E-state index contributed by atoms with van der Waals surface area (Å²) >= 11 is 0. The molecule has 0 aliphatic rings. The first-order valence-electron chi connectivity index (χ1n) is 5.04. The minimum atomic E-state index is -0.235. The number of nitrogens with two attached hydrogens (primary N) is 1. The predicted molar refractivity (Wildman–Crippen MR) is 58.2 cm³/mol. The molecule has 0 aliphatic heterocycles. The zero-order chi connectivity index (χ0) is 11.5. The normalized spacial score (nSPS) is 10.7. The number of rotatable bonds is 3. The van der Waals surface area contributed by atoms with Crippen LogP contribution in [0.1, 0.15) is 17.0 Å². The van der Waals surface area contributed by atoms with Crippen LogP contribution in [0.5, 0.6) is 0 Å². The fourth-order valence-corrected chi connectivity index (χ4v) is 1.50. The van der Waals surface area contributed by atoms with Gasteiger partial charge in [-0.2, -0.15) is 0 Å². The lowest BCUT2D eigenvalue weighted by atomic mass is 10.2. The molecule has 0 amide bonds. The van der Waals surface area contributed by atoms with Crippen LogP contribution >= 0.6 is 0 Å². The quantitative estimate of drug-likeness (QED) is 0.846. The first-order valence-corrected chi connectivity index (χ1v) is 5.04. The molecule has 0 radical (unpaired) electrons. The van der Waals surface area contributed by atoms with Crippen LogP contribution < -0.4 is 5.73 Å². The molecule has 16 heavy (non-hydrogen) atoms. The summed E-state index contributed by atoms with van der Waals surface area (Å²) in [6.07, 6.45) is 0. The van der Waals surface area contributed by atoms with Gasteiger partial charge in [-0.15, -0.1) is 5.10 Å². The van der Waals surface area contributed by atoms with E-state index in [4.69, 9.17) is 5.73 Å². The maximum Gasteiger partial charge on any atom is 0.123 e. The Kier molecular flexibility index (Phi) is 2.96. The van der Waals surface area contributed by atoms with E-state index in [0.717, 1.165) is 17.0 Å². The van der Waals surface area contributed by atoms with Crippen LogP contribution in [0, 0.1) is 12.7 Å². The summed E-state index contributed by atoms with van der Waals surface area (Å²) in [6.45, 7) is 2.89. The van der Waals surface area contributed by atoms with E-state index >= 15 is 0 Å². The fourth-order valence-electron chi connectivity index (χ4n) is 1.50. The van der Waals surface area contributed by atoms with Crippen molar-refractivity contribution in [2.24, 2.45) is 5.73 Å². The summed E-state index contributed by atoms with van der Waals surface area (Å²) in [6, 6.07) is 6.34. The highest BCUT2D eigenvalue weighted by molar-refractivity contribution is 5.17. The maximum absolute atomic E-state index is 12.7.